The van der Waals surface area contributed by atoms with Crippen molar-refractivity contribution in [2.45, 2.75) is 25.1 Å². The smallest absolute Gasteiger partial charge is 0.178 e. The van der Waals surface area contributed by atoms with Gasteiger partial charge in [0.05, 0.1) is 12.6 Å². The second-order valence-electron chi connectivity index (χ2n) is 4.83. The van der Waals surface area contributed by atoms with Gasteiger partial charge in [-0.15, -0.1) is 0 Å². The molecule has 1 N–H and O–H groups in total. The Hall–Kier alpha value is -0.940. The average Bonchev–Trinajstić information content (AvgIpc) is 2.66. The lowest BCUT2D eigenvalue weighted by Gasteiger charge is -2.22. The Morgan fingerprint density at radius 3 is 2.78 bits per heavy atom. The van der Waals surface area contributed by atoms with Gasteiger partial charge in [0, 0.05) is 11.3 Å². The van der Waals surface area contributed by atoms with Crippen molar-refractivity contribution in [3.05, 3.63) is 23.0 Å². The molecule has 18 heavy (non-hydrogen) atoms. The molecular weight excluding hydrogens is 264 g/mol. The third-order valence-corrected chi connectivity index (χ3v) is 4.64. The van der Waals surface area contributed by atoms with E-state index in [0.29, 0.717) is 0 Å². The molecule has 0 amide bonds. The van der Waals surface area contributed by atoms with Crippen molar-refractivity contribution in [1.29, 1.82) is 0 Å². The van der Waals surface area contributed by atoms with Gasteiger partial charge in [-0.05, 0) is 44.5 Å². The van der Waals surface area contributed by atoms with E-state index in [9.17, 15) is 0 Å². The molecule has 0 saturated carbocycles. The maximum atomic E-state index is 5.42. The Morgan fingerprint density at radius 1 is 1.44 bits per heavy atom. The number of nitrogens with one attached hydrogen (secondary N) is 1. The van der Waals surface area contributed by atoms with Gasteiger partial charge in [-0.2, -0.15) is 11.8 Å². The number of para-hydroxylation sites is 1. The van der Waals surface area contributed by atoms with Gasteiger partial charge in [0.1, 0.15) is 11.3 Å². The molecule has 0 spiro atoms. The van der Waals surface area contributed by atoms with Gasteiger partial charge in [0.25, 0.3) is 0 Å². The number of H-pyrrole nitrogens is 1. The number of nitrogens with zero attached hydrogens (tertiary/aromatic N) is 1. The number of benzene rings is 1. The van der Waals surface area contributed by atoms with Crippen LogP contribution in [0.15, 0.2) is 18.2 Å². The zero-order chi connectivity index (χ0) is 13.3. The Balaban J connectivity index is 2.58. The Morgan fingerprint density at radius 2 is 2.17 bits per heavy atom. The molecule has 2 rings (SSSR count). The van der Waals surface area contributed by atoms with Crippen molar-refractivity contribution in [2.75, 3.05) is 13.4 Å². The fourth-order valence-corrected chi connectivity index (χ4v) is 2.45. The minimum atomic E-state index is 0.149. The van der Waals surface area contributed by atoms with Crippen molar-refractivity contribution < 1.29 is 4.74 Å². The third kappa shape index (κ3) is 2.42. The first-order valence-corrected chi connectivity index (χ1v) is 7.42. The lowest BCUT2D eigenvalue weighted by atomic mass is 10.2. The van der Waals surface area contributed by atoms with E-state index in [0.717, 1.165) is 28.1 Å². The van der Waals surface area contributed by atoms with Crippen LogP contribution >= 0.6 is 24.0 Å². The fraction of sp³-hybridized carbons (Fsp3) is 0.462. The van der Waals surface area contributed by atoms with E-state index < -0.39 is 0 Å². The van der Waals surface area contributed by atoms with Gasteiger partial charge >= 0.3 is 0 Å². The van der Waals surface area contributed by atoms with Crippen LogP contribution < -0.4 is 4.74 Å². The molecule has 0 unspecified atom stereocenters. The number of imidazole rings is 1. The number of thioether (sulfide) groups is 1. The van der Waals surface area contributed by atoms with Crippen LogP contribution in [-0.2, 0) is 6.54 Å². The molecule has 0 aliphatic heterocycles. The summed E-state index contributed by atoms with van der Waals surface area (Å²) in [5.41, 5.74) is 2.07. The second-order valence-corrected chi connectivity index (χ2v) is 6.73. The fourth-order valence-electron chi connectivity index (χ4n) is 1.93. The van der Waals surface area contributed by atoms with E-state index in [2.05, 4.69) is 35.7 Å². The summed E-state index contributed by atoms with van der Waals surface area (Å²) in [4.78, 5) is 3.24. The van der Waals surface area contributed by atoms with Crippen molar-refractivity contribution in [2.24, 2.45) is 0 Å². The molecule has 0 aliphatic rings. The average molecular weight is 282 g/mol. The molecule has 0 saturated heterocycles. The highest BCUT2D eigenvalue weighted by molar-refractivity contribution is 7.99. The maximum Gasteiger partial charge on any atom is 0.178 e. The molecule has 0 radical (unpaired) electrons. The molecule has 0 bridgehead atoms. The van der Waals surface area contributed by atoms with Crippen LogP contribution in [0.5, 0.6) is 5.75 Å². The number of methoxy groups -OCH3 is 1. The molecule has 0 aliphatic carbocycles. The lowest BCUT2D eigenvalue weighted by molar-refractivity contribution is 0.419. The van der Waals surface area contributed by atoms with Gasteiger partial charge in [-0.25, -0.2) is 0 Å². The summed E-state index contributed by atoms with van der Waals surface area (Å²) >= 11 is 7.26. The minimum Gasteiger partial charge on any atom is -0.494 e. The number of aromatic nitrogens is 2. The van der Waals surface area contributed by atoms with E-state index in [-0.39, 0.29) is 4.75 Å². The predicted octanol–water partition coefficient (Wildman–Crippen LogP) is 3.85. The van der Waals surface area contributed by atoms with Gasteiger partial charge in [0.15, 0.2) is 4.77 Å². The summed E-state index contributed by atoms with van der Waals surface area (Å²) in [7, 11) is 1.68. The molecule has 3 nitrogen and oxygen atoms in total. The minimum absolute atomic E-state index is 0.149. The molecule has 98 valence electrons. The highest BCUT2D eigenvalue weighted by Crippen LogP contribution is 2.29. The second kappa shape index (κ2) is 4.97. The maximum absolute atomic E-state index is 5.42. The zero-order valence-electron chi connectivity index (χ0n) is 11.1. The first-order chi connectivity index (χ1) is 8.48. The SMILES string of the molecule is COc1cccc2c1[nH]c(=S)n2CC(C)(C)SC. The lowest BCUT2D eigenvalue weighted by Crippen LogP contribution is -2.22. The standard InChI is InChI=1S/C13H18N2OS2/c1-13(2,18-4)8-15-9-6-5-7-10(16-3)11(9)14-12(15)17/h5-7H,8H2,1-4H3,(H,14,17). The highest BCUT2D eigenvalue weighted by atomic mass is 32.2. The first kappa shape index (κ1) is 13.5. The molecule has 2 aromatic rings. The van der Waals surface area contributed by atoms with Crippen LogP contribution in [0.25, 0.3) is 11.0 Å². The van der Waals surface area contributed by atoms with Crippen LogP contribution in [0.1, 0.15) is 13.8 Å². The molecule has 0 atom stereocenters. The van der Waals surface area contributed by atoms with Gasteiger partial charge in [-0.3, -0.25) is 0 Å². The summed E-state index contributed by atoms with van der Waals surface area (Å²) in [6, 6.07) is 6.00. The first-order valence-electron chi connectivity index (χ1n) is 5.79. The van der Waals surface area contributed by atoms with Gasteiger partial charge in [0.2, 0.25) is 0 Å². The molecular formula is C13H18N2OS2. The third-order valence-electron chi connectivity index (χ3n) is 3.08. The summed E-state index contributed by atoms with van der Waals surface area (Å²) in [5.74, 6) is 0.833. The van der Waals surface area contributed by atoms with Crippen LogP contribution in [0.2, 0.25) is 0 Å². The van der Waals surface area contributed by atoms with Crippen LogP contribution in [-0.4, -0.2) is 27.7 Å². The molecule has 1 aromatic carbocycles. The largest absolute Gasteiger partial charge is 0.494 e. The van der Waals surface area contributed by atoms with Crippen LogP contribution in [0.4, 0.5) is 0 Å². The summed E-state index contributed by atoms with van der Waals surface area (Å²) in [5, 5.41) is 0. The van der Waals surface area contributed by atoms with E-state index in [1.807, 2.05) is 23.9 Å². The number of aromatic amines is 1. The van der Waals surface area contributed by atoms with E-state index in [1.54, 1.807) is 7.11 Å². The number of rotatable bonds is 4. The topological polar surface area (TPSA) is 29.9 Å². The Labute approximate surface area is 117 Å². The molecule has 5 heteroatoms. The van der Waals surface area contributed by atoms with E-state index in [4.69, 9.17) is 17.0 Å². The Kier molecular flexibility index (Phi) is 3.73. The van der Waals surface area contributed by atoms with Crippen LogP contribution in [0, 0.1) is 4.77 Å². The number of hydrogen-bond acceptors (Lipinski definition) is 3. The summed E-state index contributed by atoms with van der Waals surface area (Å²) < 4.78 is 8.39. The number of fused-ring (bicyclic) bond motifs is 1. The van der Waals surface area contributed by atoms with E-state index >= 15 is 0 Å². The van der Waals surface area contributed by atoms with Crippen LogP contribution in [0.3, 0.4) is 0 Å². The van der Waals surface area contributed by atoms with Crippen molar-refractivity contribution in [3.8, 4) is 5.75 Å². The number of hydrogen-bond donors (Lipinski definition) is 1. The normalized spacial score (nSPS) is 12.0. The van der Waals surface area contributed by atoms with Crippen molar-refractivity contribution >= 4 is 35.0 Å². The monoisotopic (exact) mass is 282 g/mol. The zero-order valence-corrected chi connectivity index (χ0v) is 12.7. The summed E-state index contributed by atoms with van der Waals surface area (Å²) in [6.07, 6.45) is 2.12. The van der Waals surface area contributed by atoms with Crippen molar-refractivity contribution in [3.63, 3.8) is 0 Å². The molecule has 1 heterocycles. The number of ether oxygens (including phenoxy) is 1. The Bertz CT molecular complexity index is 613. The molecule has 1 aromatic heterocycles. The van der Waals surface area contributed by atoms with E-state index in [1.165, 1.54) is 0 Å². The predicted molar refractivity (Wildman–Crippen MR) is 81.3 cm³/mol. The van der Waals surface area contributed by atoms with Gasteiger partial charge < -0.3 is 14.3 Å². The van der Waals surface area contributed by atoms with Gasteiger partial charge in [-0.1, -0.05) is 6.07 Å². The highest BCUT2D eigenvalue weighted by Gasteiger charge is 2.19. The quantitative estimate of drug-likeness (QED) is 0.864. The van der Waals surface area contributed by atoms with Crippen molar-refractivity contribution in [1.82, 2.24) is 9.55 Å². The summed E-state index contributed by atoms with van der Waals surface area (Å²) in [6.45, 7) is 5.32. The molecule has 0 fully saturated rings.